The average Bonchev–Trinajstić information content (AvgIpc) is 2.66. The number of hydrogen-bond acceptors (Lipinski definition) is 2. The Balaban J connectivity index is 2.35. The highest BCUT2D eigenvalue weighted by Crippen LogP contribution is 2.31. The van der Waals surface area contributed by atoms with Crippen molar-refractivity contribution in [2.75, 3.05) is 11.4 Å². The number of carbonyl (C=O) groups is 2. The number of anilines is 1. The van der Waals surface area contributed by atoms with E-state index in [1.807, 2.05) is 0 Å². The number of carboxylic acid groups (broad SMARTS) is 1. The van der Waals surface area contributed by atoms with Crippen molar-refractivity contribution < 1.29 is 23.5 Å². The minimum Gasteiger partial charge on any atom is -0.481 e. The molecule has 96 valence electrons. The van der Waals surface area contributed by atoms with Crippen LogP contribution < -0.4 is 4.90 Å². The van der Waals surface area contributed by atoms with Crippen LogP contribution in [0, 0.1) is 17.6 Å². The Morgan fingerprint density at radius 3 is 2.61 bits per heavy atom. The molecular weight excluding hydrogens is 312 g/mol. The fourth-order valence-electron chi connectivity index (χ4n) is 1.82. The number of aliphatic carboxylic acids is 1. The van der Waals surface area contributed by atoms with Gasteiger partial charge in [-0.2, -0.15) is 0 Å². The van der Waals surface area contributed by atoms with E-state index in [1.165, 1.54) is 0 Å². The molecule has 0 radical (unpaired) electrons. The molecule has 1 amide bonds. The maximum Gasteiger partial charge on any atom is 0.308 e. The topological polar surface area (TPSA) is 57.6 Å². The zero-order valence-electron chi connectivity index (χ0n) is 8.99. The first-order chi connectivity index (χ1) is 8.40. The second-order valence-electron chi connectivity index (χ2n) is 3.96. The number of hydrogen-bond donors (Lipinski definition) is 1. The Hall–Kier alpha value is -1.50. The second kappa shape index (κ2) is 4.64. The van der Waals surface area contributed by atoms with Crippen LogP contribution in [0.3, 0.4) is 0 Å². The molecule has 1 aromatic rings. The van der Waals surface area contributed by atoms with Crippen molar-refractivity contribution in [3.05, 3.63) is 28.2 Å². The minimum atomic E-state index is -1.10. The molecule has 1 aliphatic heterocycles. The van der Waals surface area contributed by atoms with Gasteiger partial charge in [0.25, 0.3) is 0 Å². The molecule has 1 heterocycles. The molecule has 0 spiro atoms. The SMILES string of the molecule is O=C(O)C1CC(=O)N(c2cc(Br)c(F)cc2F)C1. The Morgan fingerprint density at radius 2 is 2.06 bits per heavy atom. The first-order valence-electron chi connectivity index (χ1n) is 5.08. The summed E-state index contributed by atoms with van der Waals surface area (Å²) in [6.07, 6.45) is -0.177. The van der Waals surface area contributed by atoms with Crippen LogP contribution in [0.5, 0.6) is 0 Å². The van der Waals surface area contributed by atoms with Crippen LogP contribution in [0.4, 0.5) is 14.5 Å². The molecule has 0 saturated carbocycles. The van der Waals surface area contributed by atoms with Gasteiger partial charge in [-0.15, -0.1) is 0 Å². The first-order valence-corrected chi connectivity index (χ1v) is 5.87. The summed E-state index contributed by atoms with van der Waals surface area (Å²) >= 11 is 2.90. The highest BCUT2D eigenvalue weighted by molar-refractivity contribution is 9.10. The van der Waals surface area contributed by atoms with Gasteiger partial charge >= 0.3 is 5.97 Å². The van der Waals surface area contributed by atoms with Gasteiger partial charge in [0.15, 0.2) is 0 Å². The monoisotopic (exact) mass is 319 g/mol. The smallest absolute Gasteiger partial charge is 0.308 e. The van der Waals surface area contributed by atoms with E-state index in [-0.39, 0.29) is 23.1 Å². The van der Waals surface area contributed by atoms with Gasteiger partial charge in [0.1, 0.15) is 11.6 Å². The number of nitrogens with zero attached hydrogens (tertiary/aromatic N) is 1. The molecule has 0 aliphatic carbocycles. The quantitative estimate of drug-likeness (QED) is 0.850. The van der Waals surface area contributed by atoms with E-state index in [0.29, 0.717) is 6.07 Å². The molecule has 1 atom stereocenters. The normalized spacial score (nSPS) is 19.4. The fraction of sp³-hybridized carbons (Fsp3) is 0.273. The average molecular weight is 320 g/mol. The molecule has 1 aliphatic rings. The second-order valence-corrected chi connectivity index (χ2v) is 4.82. The summed E-state index contributed by atoms with van der Waals surface area (Å²) in [5, 5.41) is 8.82. The van der Waals surface area contributed by atoms with E-state index >= 15 is 0 Å². The number of halogens is 3. The Labute approximate surface area is 109 Å². The standard InChI is InChI=1S/C11H8BrF2NO3/c12-6-2-9(8(14)3-7(6)13)15-4-5(11(17)18)1-10(15)16/h2-3,5H,1,4H2,(H,17,18). The fourth-order valence-corrected chi connectivity index (χ4v) is 2.16. The molecule has 1 aromatic carbocycles. The largest absolute Gasteiger partial charge is 0.481 e. The highest BCUT2D eigenvalue weighted by Gasteiger charge is 2.36. The van der Waals surface area contributed by atoms with E-state index in [1.54, 1.807) is 0 Å². The van der Waals surface area contributed by atoms with E-state index in [0.717, 1.165) is 11.0 Å². The molecule has 1 unspecified atom stereocenters. The third-order valence-electron chi connectivity index (χ3n) is 2.75. The molecule has 1 N–H and O–H groups in total. The summed E-state index contributed by atoms with van der Waals surface area (Å²) in [6.45, 7) is -0.108. The van der Waals surface area contributed by atoms with Gasteiger partial charge in [0.05, 0.1) is 16.1 Å². The Morgan fingerprint density at radius 1 is 1.39 bits per heavy atom. The summed E-state index contributed by atoms with van der Waals surface area (Å²) < 4.78 is 26.7. The molecular formula is C11H8BrF2NO3. The summed E-state index contributed by atoms with van der Waals surface area (Å²) in [4.78, 5) is 23.4. The van der Waals surface area contributed by atoms with Crippen molar-refractivity contribution in [2.24, 2.45) is 5.92 Å². The Bertz CT molecular complexity index is 535. The number of amides is 1. The Kier molecular flexibility index (Phi) is 3.34. The van der Waals surface area contributed by atoms with Crippen LogP contribution in [-0.2, 0) is 9.59 Å². The van der Waals surface area contributed by atoms with E-state index in [4.69, 9.17) is 5.11 Å². The van der Waals surface area contributed by atoms with Gasteiger partial charge < -0.3 is 10.0 Å². The van der Waals surface area contributed by atoms with Gasteiger partial charge in [0.2, 0.25) is 5.91 Å². The van der Waals surface area contributed by atoms with Crippen molar-refractivity contribution in [1.82, 2.24) is 0 Å². The lowest BCUT2D eigenvalue weighted by Crippen LogP contribution is -2.26. The van der Waals surface area contributed by atoms with Crippen molar-refractivity contribution in [3.63, 3.8) is 0 Å². The molecule has 0 bridgehead atoms. The van der Waals surface area contributed by atoms with Gasteiger partial charge in [0, 0.05) is 19.0 Å². The van der Waals surface area contributed by atoms with Crippen molar-refractivity contribution in [3.8, 4) is 0 Å². The molecule has 1 saturated heterocycles. The van der Waals surface area contributed by atoms with Gasteiger partial charge in [-0.25, -0.2) is 8.78 Å². The maximum atomic E-state index is 13.6. The zero-order chi connectivity index (χ0) is 13.4. The van der Waals surface area contributed by atoms with E-state index in [9.17, 15) is 18.4 Å². The lowest BCUT2D eigenvalue weighted by Gasteiger charge is -2.17. The lowest BCUT2D eigenvalue weighted by molar-refractivity contribution is -0.141. The third kappa shape index (κ3) is 2.22. The lowest BCUT2D eigenvalue weighted by atomic mass is 10.1. The summed E-state index contributed by atoms with van der Waals surface area (Å²) in [5.41, 5.74) is -0.114. The van der Waals surface area contributed by atoms with Crippen LogP contribution in [0.2, 0.25) is 0 Å². The van der Waals surface area contributed by atoms with Crippen LogP contribution in [0.25, 0.3) is 0 Å². The van der Waals surface area contributed by atoms with Crippen molar-refractivity contribution >= 4 is 33.5 Å². The zero-order valence-corrected chi connectivity index (χ0v) is 10.6. The van der Waals surface area contributed by atoms with E-state index < -0.39 is 29.4 Å². The molecule has 1 fully saturated rings. The van der Waals surface area contributed by atoms with Gasteiger partial charge in [-0.1, -0.05) is 0 Å². The van der Waals surface area contributed by atoms with E-state index in [2.05, 4.69) is 15.9 Å². The first kappa shape index (κ1) is 12.9. The highest BCUT2D eigenvalue weighted by atomic mass is 79.9. The molecule has 4 nitrogen and oxygen atoms in total. The maximum absolute atomic E-state index is 13.6. The van der Waals surface area contributed by atoms with Gasteiger partial charge in [-0.05, 0) is 22.0 Å². The minimum absolute atomic E-state index is 0.0190. The summed E-state index contributed by atoms with van der Waals surface area (Å²) in [5.74, 6) is -4.12. The van der Waals surface area contributed by atoms with Crippen LogP contribution in [-0.4, -0.2) is 23.5 Å². The summed E-state index contributed by atoms with van der Waals surface area (Å²) in [6, 6.07) is 1.79. The van der Waals surface area contributed by atoms with Gasteiger partial charge in [-0.3, -0.25) is 9.59 Å². The number of carbonyl (C=O) groups excluding carboxylic acids is 1. The van der Waals surface area contributed by atoms with Crippen LogP contribution >= 0.6 is 15.9 Å². The molecule has 2 rings (SSSR count). The number of carboxylic acids is 1. The molecule has 0 aromatic heterocycles. The van der Waals surface area contributed by atoms with Crippen molar-refractivity contribution in [2.45, 2.75) is 6.42 Å². The van der Waals surface area contributed by atoms with Crippen LogP contribution in [0.15, 0.2) is 16.6 Å². The molecule has 7 heteroatoms. The van der Waals surface area contributed by atoms with Crippen molar-refractivity contribution in [1.29, 1.82) is 0 Å². The molecule has 18 heavy (non-hydrogen) atoms. The summed E-state index contributed by atoms with van der Waals surface area (Å²) in [7, 11) is 0. The predicted octanol–water partition coefficient (Wildman–Crippen LogP) is 2.16. The third-order valence-corrected chi connectivity index (χ3v) is 3.36. The predicted molar refractivity (Wildman–Crippen MR) is 62.2 cm³/mol. The van der Waals surface area contributed by atoms with Crippen LogP contribution in [0.1, 0.15) is 6.42 Å². The number of rotatable bonds is 2. The number of benzene rings is 1.